The summed E-state index contributed by atoms with van der Waals surface area (Å²) in [5, 5.41) is 7.44. The molecular weight excluding hydrogens is 292 g/mol. The number of hydrogen-bond donors (Lipinski definition) is 1. The lowest BCUT2D eigenvalue weighted by atomic mass is 9.95. The summed E-state index contributed by atoms with van der Waals surface area (Å²) in [6.07, 6.45) is 6.27. The van der Waals surface area contributed by atoms with E-state index in [1.54, 1.807) is 23.3 Å². The van der Waals surface area contributed by atoms with E-state index in [0.717, 1.165) is 18.7 Å². The van der Waals surface area contributed by atoms with Crippen LogP contribution < -0.4 is 5.32 Å². The third kappa shape index (κ3) is 3.59. The Hall–Kier alpha value is -2.21. The molecule has 0 saturated carbocycles. The van der Waals surface area contributed by atoms with Crippen LogP contribution in [-0.2, 0) is 17.7 Å². The fraction of sp³-hybridized carbons (Fsp3) is 0.471. The minimum Gasteiger partial charge on any atom is -0.379 e. The van der Waals surface area contributed by atoms with Crippen LogP contribution in [0.2, 0.25) is 0 Å². The Bertz CT molecular complexity index is 668. The van der Waals surface area contributed by atoms with Gasteiger partial charge in [0.05, 0.1) is 30.5 Å². The van der Waals surface area contributed by atoms with E-state index in [4.69, 9.17) is 4.74 Å². The van der Waals surface area contributed by atoms with Crippen LogP contribution in [0.25, 0.3) is 0 Å². The van der Waals surface area contributed by atoms with Gasteiger partial charge in [-0.1, -0.05) is 0 Å². The maximum atomic E-state index is 12.5. The van der Waals surface area contributed by atoms with Crippen molar-refractivity contribution >= 4 is 5.91 Å². The number of carbonyl (C=O) groups excluding carboxylic acids is 1. The van der Waals surface area contributed by atoms with Gasteiger partial charge < -0.3 is 10.1 Å². The van der Waals surface area contributed by atoms with Crippen LogP contribution in [0.1, 0.15) is 28.5 Å². The maximum Gasteiger partial charge on any atom is 0.255 e. The van der Waals surface area contributed by atoms with Crippen LogP contribution in [0.5, 0.6) is 0 Å². The summed E-state index contributed by atoms with van der Waals surface area (Å²) in [6.45, 7) is 5.85. The summed E-state index contributed by atoms with van der Waals surface area (Å²) in [4.78, 5) is 16.6. The van der Waals surface area contributed by atoms with E-state index in [1.165, 1.54) is 5.56 Å². The lowest BCUT2D eigenvalue weighted by molar-refractivity contribution is 0.0924. The zero-order valence-corrected chi connectivity index (χ0v) is 13.5. The van der Waals surface area contributed by atoms with Gasteiger partial charge in [-0.05, 0) is 38.0 Å². The molecule has 2 atom stereocenters. The molecule has 0 bridgehead atoms. The van der Waals surface area contributed by atoms with Gasteiger partial charge in [-0.2, -0.15) is 5.10 Å². The molecule has 6 nitrogen and oxygen atoms in total. The Kier molecular flexibility index (Phi) is 4.71. The van der Waals surface area contributed by atoms with Crippen molar-refractivity contribution in [3.8, 4) is 0 Å². The van der Waals surface area contributed by atoms with Crippen molar-refractivity contribution in [2.24, 2.45) is 5.92 Å². The minimum absolute atomic E-state index is 0.0278. The third-order valence-electron chi connectivity index (χ3n) is 4.28. The molecule has 1 amide bonds. The molecule has 2 aromatic heterocycles. The van der Waals surface area contributed by atoms with Crippen LogP contribution in [0, 0.1) is 12.8 Å². The first-order valence-electron chi connectivity index (χ1n) is 7.99. The highest BCUT2D eigenvalue weighted by Crippen LogP contribution is 2.19. The molecule has 1 aliphatic rings. The number of hydrogen-bond acceptors (Lipinski definition) is 4. The Morgan fingerprint density at radius 1 is 1.39 bits per heavy atom. The van der Waals surface area contributed by atoms with Gasteiger partial charge in [-0.15, -0.1) is 0 Å². The van der Waals surface area contributed by atoms with E-state index < -0.39 is 0 Å². The van der Waals surface area contributed by atoms with E-state index in [9.17, 15) is 4.79 Å². The molecule has 0 aliphatic carbocycles. The van der Waals surface area contributed by atoms with Gasteiger partial charge >= 0.3 is 0 Å². The molecule has 122 valence electrons. The molecule has 0 unspecified atom stereocenters. The predicted molar refractivity (Wildman–Crippen MR) is 86.1 cm³/mol. The van der Waals surface area contributed by atoms with E-state index in [1.807, 2.05) is 26.0 Å². The quantitative estimate of drug-likeness (QED) is 0.910. The van der Waals surface area contributed by atoms with Crippen LogP contribution in [-0.4, -0.2) is 39.9 Å². The predicted octanol–water partition coefficient (Wildman–Crippen LogP) is 1.59. The highest BCUT2D eigenvalue weighted by Gasteiger charge is 2.30. The second-order valence-electron chi connectivity index (χ2n) is 5.92. The topological polar surface area (TPSA) is 69.0 Å². The molecule has 3 heterocycles. The molecule has 1 saturated heterocycles. The lowest BCUT2D eigenvalue weighted by Crippen LogP contribution is -2.40. The zero-order valence-electron chi connectivity index (χ0n) is 13.5. The first kappa shape index (κ1) is 15.7. The van der Waals surface area contributed by atoms with Crippen LogP contribution in [0.3, 0.4) is 0 Å². The summed E-state index contributed by atoms with van der Waals surface area (Å²) in [7, 11) is 0. The molecule has 0 radical (unpaired) electrons. The Balaban J connectivity index is 1.66. The van der Waals surface area contributed by atoms with E-state index in [2.05, 4.69) is 15.4 Å². The van der Waals surface area contributed by atoms with Crippen LogP contribution in [0.15, 0.2) is 30.7 Å². The first-order valence-corrected chi connectivity index (χ1v) is 7.99. The molecule has 1 fully saturated rings. The van der Waals surface area contributed by atoms with Gasteiger partial charge in [0.15, 0.2) is 0 Å². The van der Waals surface area contributed by atoms with E-state index in [0.29, 0.717) is 18.8 Å². The molecule has 6 heteroatoms. The highest BCUT2D eigenvalue weighted by atomic mass is 16.5. The third-order valence-corrected chi connectivity index (χ3v) is 4.28. The number of carbonyl (C=O) groups is 1. The van der Waals surface area contributed by atoms with Crippen molar-refractivity contribution in [3.63, 3.8) is 0 Å². The molecular formula is C17H22N4O2. The molecule has 0 spiro atoms. The normalized spacial score (nSPS) is 20.6. The summed E-state index contributed by atoms with van der Waals surface area (Å²) in [6, 6.07) is 4.04. The van der Waals surface area contributed by atoms with Crippen molar-refractivity contribution in [1.82, 2.24) is 20.1 Å². The van der Waals surface area contributed by atoms with Gasteiger partial charge in [0, 0.05) is 31.1 Å². The number of amides is 1. The average Bonchev–Trinajstić information content (AvgIpc) is 3.15. The van der Waals surface area contributed by atoms with Crippen LogP contribution in [0.4, 0.5) is 0 Å². The minimum atomic E-state index is -0.0718. The number of ether oxygens (including phenoxy) is 1. The lowest BCUT2D eigenvalue weighted by Gasteiger charge is -2.19. The van der Waals surface area contributed by atoms with Crippen molar-refractivity contribution < 1.29 is 9.53 Å². The SMILES string of the molecule is CCn1cc(C(=O)N[C@H]2COC[C@H]2Cc2ccncc2)c(C)n1. The number of nitrogens with zero attached hydrogens (tertiary/aromatic N) is 3. The van der Waals surface area contributed by atoms with Gasteiger partial charge in [-0.25, -0.2) is 0 Å². The van der Waals surface area contributed by atoms with Crippen molar-refractivity contribution in [1.29, 1.82) is 0 Å². The van der Waals surface area contributed by atoms with E-state index >= 15 is 0 Å². The highest BCUT2D eigenvalue weighted by molar-refractivity contribution is 5.95. The molecule has 1 aliphatic heterocycles. The maximum absolute atomic E-state index is 12.5. The summed E-state index contributed by atoms with van der Waals surface area (Å²) >= 11 is 0. The van der Waals surface area contributed by atoms with E-state index in [-0.39, 0.29) is 17.9 Å². The van der Waals surface area contributed by atoms with Crippen LogP contribution >= 0.6 is 0 Å². The monoisotopic (exact) mass is 314 g/mol. The Labute approximate surface area is 135 Å². The summed E-state index contributed by atoms with van der Waals surface area (Å²) in [5.74, 6) is 0.209. The van der Waals surface area contributed by atoms with Crippen molar-refractivity contribution in [3.05, 3.63) is 47.5 Å². The molecule has 23 heavy (non-hydrogen) atoms. The number of aromatic nitrogens is 3. The zero-order chi connectivity index (χ0) is 16.2. The van der Waals surface area contributed by atoms with Gasteiger partial charge in [0.2, 0.25) is 0 Å². The Morgan fingerprint density at radius 2 is 2.17 bits per heavy atom. The van der Waals surface area contributed by atoms with Gasteiger partial charge in [0.25, 0.3) is 5.91 Å². The first-order chi connectivity index (χ1) is 11.2. The van der Waals surface area contributed by atoms with Gasteiger partial charge in [-0.3, -0.25) is 14.5 Å². The molecule has 3 rings (SSSR count). The summed E-state index contributed by atoms with van der Waals surface area (Å²) < 4.78 is 7.37. The fourth-order valence-corrected chi connectivity index (χ4v) is 2.93. The second-order valence-corrected chi connectivity index (χ2v) is 5.92. The number of aryl methyl sites for hydroxylation is 2. The summed E-state index contributed by atoms with van der Waals surface area (Å²) in [5.41, 5.74) is 2.61. The Morgan fingerprint density at radius 3 is 2.87 bits per heavy atom. The molecule has 1 N–H and O–H groups in total. The molecule has 2 aromatic rings. The number of pyridine rings is 1. The standard InChI is InChI=1S/C17H22N4O2/c1-3-21-9-15(12(2)20-21)17(22)19-16-11-23-10-14(16)8-13-4-6-18-7-5-13/h4-7,9,14,16H,3,8,10-11H2,1-2H3,(H,19,22)/t14-,16+/m1/s1. The average molecular weight is 314 g/mol. The smallest absolute Gasteiger partial charge is 0.255 e. The van der Waals surface area contributed by atoms with Crippen molar-refractivity contribution in [2.45, 2.75) is 32.9 Å². The second kappa shape index (κ2) is 6.91. The van der Waals surface area contributed by atoms with Crippen molar-refractivity contribution in [2.75, 3.05) is 13.2 Å². The number of rotatable bonds is 5. The fourth-order valence-electron chi connectivity index (χ4n) is 2.93. The largest absolute Gasteiger partial charge is 0.379 e. The molecule has 0 aromatic carbocycles. The van der Waals surface area contributed by atoms with Gasteiger partial charge in [0.1, 0.15) is 0 Å². The number of nitrogens with one attached hydrogen (secondary N) is 1.